The average Bonchev–Trinajstić information content (AvgIpc) is 2.40. The molecule has 4 nitrogen and oxygen atoms in total. The van der Waals surface area contributed by atoms with Crippen LogP contribution in [0.4, 0.5) is 0 Å². The summed E-state index contributed by atoms with van der Waals surface area (Å²) in [6.45, 7) is 8.60. The highest BCUT2D eigenvalue weighted by atomic mass is 16.5. The van der Waals surface area contributed by atoms with E-state index in [1.807, 2.05) is 18.7 Å². The number of hydrogen-bond acceptors (Lipinski definition) is 3. The van der Waals surface area contributed by atoms with Crippen LogP contribution in [-0.2, 0) is 9.53 Å². The van der Waals surface area contributed by atoms with Gasteiger partial charge in [0.05, 0.1) is 18.7 Å². The Hall–Kier alpha value is -0.610. The van der Waals surface area contributed by atoms with Crippen molar-refractivity contribution >= 4 is 5.91 Å². The zero-order valence-electron chi connectivity index (χ0n) is 12.2. The van der Waals surface area contributed by atoms with Crippen LogP contribution in [0.15, 0.2) is 0 Å². The second-order valence-electron chi connectivity index (χ2n) is 5.23. The minimum Gasteiger partial charge on any atom is -0.383 e. The van der Waals surface area contributed by atoms with E-state index in [0.717, 1.165) is 19.5 Å². The molecule has 1 rings (SSSR count). The first-order valence-electron chi connectivity index (χ1n) is 7.16. The molecule has 1 fully saturated rings. The molecule has 1 amide bonds. The van der Waals surface area contributed by atoms with Gasteiger partial charge in [-0.1, -0.05) is 13.3 Å². The molecule has 1 heterocycles. The van der Waals surface area contributed by atoms with Gasteiger partial charge >= 0.3 is 0 Å². The Morgan fingerprint density at radius 3 is 2.78 bits per heavy atom. The Kier molecular flexibility index (Phi) is 6.65. The van der Waals surface area contributed by atoms with Crippen LogP contribution >= 0.6 is 0 Å². The fourth-order valence-corrected chi connectivity index (χ4v) is 2.77. The van der Waals surface area contributed by atoms with E-state index >= 15 is 0 Å². The lowest BCUT2D eigenvalue weighted by molar-refractivity contribution is -0.137. The zero-order chi connectivity index (χ0) is 13.5. The highest BCUT2D eigenvalue weighted by molar-refractivity contribution is 5.82. The molecule has 1 aliphatic heterocycles. The summed E-state index contributed by atoms with van der Waals surface area (Å²) in [5.41, 5.74) is 0. The summed E-state index contributed by atoms with van der Waals surface area (Å²) in [5, 5.41) is 3.36. The van der Waals surface area contributed by atoms with Gasteiger partial charge in [0, 0.05) is 13.7 Å². The summed E-state index contributed by atoms with van der Waals surface area (Å²) >= 11 is 0. The van der Waals surface area contributed by atoms with E-state index in [2.05, 4.69) is 12.2 Å². The molecule has 0 aromatic rings. The highest BCUT2D eigenvalue weighted by Gasteiger charge is 2.30. The topological polar surface area (TPSA) is 41.6 Å². The van der Waals surface area contributed by atoms with E-state index < -0.39 is 0 Å². The third-order valence-electron chi connectivity index (χ3n) is 3.95. The van der Waals surface area contributed by atoms with Gasteiger partial charge in [-0.3, -0.25) is 4.79 Å². The number of piperidine rings is 1. The Bertz CT molecular complexity index is 258. The number of methoxy groups -OCH3 is 1. The molecule has 0 aliphatic carbocycles. The van der Waals surface area contributed by atoms with Crippen molar-refractivity contribution in [1.29, 1.82) is 0 Å². The number of hydrogen-bond donors (Lipinski definition) is 1. The van der Waals surface area contributed by atoms with Crippen LogP contribution in [0.2, 0.25) is 0 Å². The normalized spacial score (nSPS) is 25.8. The number of likely N-dealkylation sites (N-methyl/N-ethyl adjacent to an activating group) is 1. The van der Waals surface area contributed by atoms with Crippen molar-refractivity contribution in [3.8, 4) is 0 Å². The van der Waals surface area contributed by atoms with E-state index in [1.165, 1.54) is 12.8 Å². The standard InChI is InChI=1S/C14H28N2O2/c1-5-12-7-8-15-13(9-12)14(17)16(6-2)11(3)10-18-4/h11-13,15H,5-10H2,1-4H3. The predicted molar refractivity (Wildman–Crippen MR) is 73.5 cm³/mol. The fraction of sp³-hybridized carbons (Fsp3) is 0.929. The monoisotopic (exact) mass is 256 g/mol. The van der Waals surface area contributed by atoms with Gasteiger partial charge in [0.15, 0.2) is 0 Å². The number of ether oxygens (including phenoxy) is 1. The second-order valence-corrected chi connectivity index (χ2v) is 5.23. The van der Waals surface area contributed by atoms with Gasteiger partial charge in [0.2, 0.25) is 5.91 Å². The van der Waals surface area contributed by atoms with Crippen LogP contribution in [0.25, 0.3) is 0 Å². The first-order chi connectivity index (χ1) is 8.63. The molecule has 0 spiro atoms. The predicted octanol–water partition coefficient (Wildman–Crippen LogP) is 1.65. The Morgan fingerprint density at radius 1 is 1.50 bits per heavy atom. The molecule has 106 valence electrons. The average molecular weight is 256 g/mol. The van der Waals surface area contributed by atoms with E-state index in [-0.39, 0.29) is 18.0 Å². The molecular formula is C14H28N2O2. The van der Waals surface area contributed by atoms with Crippen LogP contribution in [-0.4, -0.2) is 49.7 Å². The van der Waals surface area contributed by atoms with E-state index in [0.29, 0.717) is 12.5 Å². The molecule has 1 saturated heterocycles. The molecule has 0 aromatic heterocycles. The Labute approximate surface area is 111 Å². The largest absolute Gasteiger partial charge is 0.383 e. The van der Waals surface area contributed by atoms with Crippen LogP contribution in [0.5, 0.6) is 0 Å². The minimum atomic E-state index is 0.00274. The molecule has 3 atom stereocenters. The van der Waals surface area contributed by atoms with Crippen molar-refractivity contribution in [3.63, 3.8) is 0 Å². The molecule has 3 unspecified atom stereocenters. The number of nitrogens with one attached hydrogen (secondary N) is 1. The lowest BCUT2D eigenvalue weighted by Crippen LogP contribution is -2.53. The molecule has 0 radical (unpaired) electrons. The van der Waals surface area contributed by atoms with Gasteiger partial charge < -0.3 is 15.0 Å². The number of amides is 1. The van der Waals surface area contributed by atoms with Gasteiger partial charge in [-0.2, -0.15) is 0 Å². The van der Waals surface area contributed by atoms with Crippen LogP contribution in [0.1, 0.15) is 40.0 Å². The summed E-state index contributed by atoms with van der Waals surface area (Å²) < 4.78 is 5.15. The van der Waals surface area contributed by atoms with Crippen molar-refractivity contribution in [2.45, 2.75) is 52.1 Å². The number of nitrogens with zero attached hydrogens (tertiary/aromatic N) is 1. The summed E-state index contributed by atoms with van der Waals surface area (Å²) in [4.78, 5) is 14.4. The van der Waals surface area contributed by atoms with Gasteiger partial charge in [-0.25, -0.2) is 0 Å². The lowest BCUT2D eigenvalue weighted by Gasteiger charge is -2.35. The van der Waals surface area contributed by atoms with Gasteiger partial charge in [0.1, 0.15) is 0 Å². The summed E-state index contributed by atoms with van der Waals surface area (Å²) in [7, 11) is 1.68. The molecule has 0 saturated carbocycles. The third kappa shape index (κ3) is 3.95. The number of carbonyl (C=O) groups is 1. The smallest absolute Gasteiger partial charge is 0.240 e. The van der Waals surface area contributed by atoms with Gasteiger partial charge in [-0.15, -0.1) is 0 Å². The molecular weight excluding hydrogens is 228 g/mol. The van der Waals surface area contributed by atoms with Crippen LogP contribution in [0, 0.1) is 5.92 Å². The van der Waals surface area contributed by atoms with E-state index in [9.17, 15) is 4.79 Å². The Balaban J connectivity index is 2.59. The second kappa shape index (κ2) is 7.74. The van der Waals surface area contributed by atoms with Crippen molar-refractivity contribution in [1.82, 2.24) is 10.2 Å². The fourth-order valence-electron chi connectivity index (χ4n) is 2.77. The minimum absolute atomic E-state index is 0.00274. The van der Waals surface area contributed by atoms with Crippen molar-refractivity contribution in [2.24, 2.45) is 5.92 Å². The first kappa shape index (κ1) is 15.4. The summed E-state index contributed by atoms with van der Waals surface area (Å²) in [6, 6.07) is 0.152. The van der Waals surface area contributed by atoms with Crippen molar-refractivity contribution in [3.05, 3.63) is 0 Å². The molecule has 4 heteroatoms. The number of carbonyl (C=O) groups excluding carboxylic acids is 1. The number of rotatable bonds is 6. The van der Waals surface area contributed by atoms with E-state index in [4.69, 9.17) is 4.74 Å². The van der Waals surface area contributed by atoms with Gasteiger partial charge in [0.25, 0.3) is 0 Å². The first-order valence-corrected chi connectivity index (χ1v) is 7.16. The van der Waals surface area contributed by atoms with Crippen LogP contribution < -0.4 is 5.32 Å². The maximum absolute atomic E-state index is 12.5. The molecule has 1 N–H and O–H groups in total. The van der Waals surface area contributed by atoms with Crippen molar-refractivity contribution in [2.75, 3.05) is 26.8 Å². The summed E-state index contributed by atoms with van der Waals surface area (Å²) in [6.07, 6.45) is 3.34. The van der Waals surface area contributed by atoms with E-state index in [1.54, 1.807) is 7.11 Å². The molecule has 18 heavy (non-hydrogen) atoms. The SMILES string of the molecule is CCC1CCNC(C(=O)N(CC)C(C)COC)C1. The van der Waals surface area contributed by atoms with Crippen molar-refractivity contribution < 1.29 is 9.53 Å². The third-order valence-corrected chi connectivity index (χ3v) is 3.95. The van der Waals surface area contributed by atoms with Crippen LogP contribution in [0.3, 0.4) is 0 Å². The molecule has 0 aromatic carbocycles. The van der Waals surface area contributed by atoms with Gasteiger partial charge in [-0.05, 0) is 39.2 Å². The molecule has 0 bridgehead atoms. The maximum Gasteiger partial charge on any atom is 0.240 e. The Morgan fingerprint density at radius 2 is 2.22 bits per heavy atom. The summed E-state index contributed by atoms with van der Waals surface area (Å²) in [5.74, 6) is 0.928. The maximum atomic E-state index is 12.5. The zero-order valence-corrected chi connectivity index (χ0v) is 12.2. The highest BCUT2D eigenvalue weighted by Crippen LogP contribution is 2.21. The quantitative estimate of drug-likeness (QED) is 0.785. The lowest BCUT2D eigenvalue weighted by atomic mass is 9.89. The molecule has 1 aliphatic rings.